The number of rotatable bonds is 6. The van der Waals surface area contributed by atoms with E-state index in [-0.39, 0.29) is 11.8 Å². The van der Waals surface area contributed by atoms with Crippen LogP contribution in [0.3, 0.4) is 0 Å². The standard InChI is InChI=1S/C18H19NO/c1-2-9-16(15-10-5-3-6-11-15)14-18(20)19-17-12-7-4-8-13-17/h2-8,10-13,16H,1,9,14H2,(H,19,20)/t16-/m1/s1. The highest BCUT2D eigenvalue weighted by Gasteiger charge is 2.14. The largest absolute Gasteiger partial charge is 0.326 e. The van der Waals surface area contributed by atoms with Gasteiger partial charge in [-0.25, -0.2) is 0 Å². The summed E-state index contributed by atoms with van der Waals surface area (Å²) in [7, 11) is 0. The number of amides is 1. The maximum Gasteiger partial charge on any atom is 0.224 e. The molecule has 2 aromatic rings. The Morgan fingerprint density at radius 2 is 1.65 bits per heavy atom. The zero-order valence-corrected chi connectivity index (χ0v) is 11.5. The molecular weight excluding hydrogens is 246 g/mol. The lowest BCUT2D eigenvalue weighted by atomic mass is 9.92. The van der Waals surface area contributed by atoms with Crippen molar-refractivity contribution in [2.24, 2.45) is 0 Å². The van der Waals surface area contributed by atoms with Crippen LogP contribution in [0.15, 0.2) is 73.3 Å². The summed E-state index contributed by atoms with van der Waals surface area (Å²) in [4.78, 5) is 12.1. The monoisotopic (exact) mass is 265 g/mol. The quantitative estimate of drug-likeness (QED) is 0.772. The predicted molar refractivity (Wildman–Crippen MR) is 83.7 cm³/mol. The van der Waals surface area contributed by atoms with Gasteiger partial charge in [-0.3, -0.25) is 4.79 Å². The van der Waals surface area contributed by atoms with Gasteiger partial charge in [-0.15, -0.1) is 6.58 Å². The zero-order valence-electron chi connectivity index (χ0n) is 11.5. The molecule has 1 N–H and O–H groups in total. The lowest BCUT2D eigenvalue weighted by Gasteiger charge is -2.15. The molecule has 2 nitrogen and oxygen atoms in total. The van der Waals surface area contributed by atoms with Crippen molar-refractivity contribution in [2.45, 2.75) is 18.8 Å². The van der Waals surface area contributed by atoms with Crippen molar-refractivity contribution in [3.8, 4) is 0 Å². The smallest absolute Gasteiger partial charge is 0.224 e. The van der Waals surface area contributed by atoms with Gasteiger partial charge in [0.25, 0.3) is 0 Å². The maximum atomic E-state index is 12.1. The second-order valence-electron chi connectivity index (χ2n) is 4.75. The number of para-hydroxylation sites is 1. The third-order valence-corrected chi connectivity index (χ3v) is 3.21. The van der Waals surface area contributed by atoms with E-state index in [1.807, 2.05) is 54.6 Å². The number of hydrogen-bond acceptors (Lipinski definition) is 1. The topological polar surface area (TPSA) is 29.1 Å². The van der Waals surface area contributed by atoms with Crippen molar-refractivity contribution in [3.63, 3.8) is 0 Å². The molecule has 0 aliphatic carbocycles. The van der Waals surface area contributed by atoms with Gasteiger partial charge >= 0.3 is 0 Å². The van der Waals surface area contributed by atoms with Crippen molar-refractivity contribution >= 4 is 11.6 Å². The molecule has 0 unspecified atom stereocenters. The number of carbonyl (C=O) groups excluding carboxylic acids is 1. The van der Waals surface area contributed by atoms with E-state index in [4.69, 9.17) is 0 Å². The average Bonchev–Trinajstić information content (AvgIpc) is 2.49. The molecule has 0 spiro atoms. The molecule has 0 fully saturated rings. The van der Waals surface area contributed by atoms with Gasteiger partial charge in [-0.1, -0.05) is 54.6 Å². The van der Waals surface area contributed by atoms with Crippen LogP contribution in [-0.4, -0.2) is 5.91 Å². The summed E-state index contributed by atoms with van der Waals surface area (Å²) in [5, 5.41) is 2.93. The molecule has 0 aliphatic heterocycles. The lowest BCUT2D eigenvalue weighted by molar-refractivity contribution is -0.116. The molecule has 2 heteroatoms. The molecule has 1 atom stereocenters. The molecule has 0 radical (unpaired) electrons. The van der Waals surface area contributed by atoms with Crippen LogP contribution in [0.1, 0.15) is 24.3 Å². The summed E-state index contributed by atoms with van der Waals surface area (Å²) in [6, 6.07) is 19.6. The minimum absolute atomic E-state index is 0.0342. The Labute approximate surface area is 120 Å². The van der Waals surface area contributed by atoms with Crippen molar-refractivity contribution in [1.29, 1.82) is 0 Å². The Hall–Kier alpha value is -2.35. The first kappa shape index (κ1) is 14.1. The van der Waals surface area contributed by atoms with Gasteiger partial charge in [0.05, 0.1) is 0 Å². The molecule has 0 saturated carbocycles. The number of hydrogen-bond donors (Lipinski definition) is 1. The molecule has 0 heterocycles. The van der Waals surface area contributed by atoms with Gasteiger partial charge in [-0.05, 0) is 30.0 Å². The van der Waals surface area contributed by atoms with E-state index in [1.165, 1.54) is 5.56 Å². The van der Waals surface area contributed by atoms with Gasteiger partial charge < -0.3 is 5.32 Å². The van der Waals surface area contributed by atoms with E-state index >= 15 is 0 Å². The number of allylic oxidation sites excluding steroid dienone is 1. The summed E-state index contributed by atoms with van der Waals surface area (Å²) >= 11 is 0. The second kappa shape index (κ2) is 7.29. The fraction of sp³-hybridized carbons (Fsp3) is 0.167. The SMILES string of the molecule is C=CC[C@H](CC(=O)Nc1ccccc1)c1ccccc1. The van der Waals surface area contributed by atoms with Crippen LogP contribution in [0.25, 0.3) is 0 Å². The summed E-state index contributed by atoms with van der Waals surface area (Å²) in [5.41, 5.74) is 2.01. The molecular formula is C18H19NO. The maximum absolute atomic E-state index is 12.1. The highest BCUT2D eigenvalue weighted by atomic mass is 16.1. The van der Waals surface area contributed by atoms with Crippen molar-refractivity contribution in [1.82, 2.24) is 0 Å². The Morgan fingerprint density at radius 3 is 2.25 bits per heavy atom. The van der Waals surface area contributed by atoms with Gasteiger partial charge in [0.15, 0.2) is 0 Å². The molecule has 20 heavy (non-hydrogen) atoms. The Morgan fingerprint density at radius 1 is 1.05 bits per heavy atom. The second-order valence-corrected chi connectivity index (χ2v) is 4.75. The fourth-order valence-corrected chi connectivity index (χ4v) is 2.22. The lowest BCUT2D eigenvalue weighted by Crippen LogP contribution is -2.15. The minimum atomic E-state index is 0.0342. The van der Waals surface area contributed by atoms with E-state index < -0.39 is 0 Å². The number of carbonyl (C=O) groups is 1. The number of anilines is 1. The van der Waals surface area contributed by atoms with Gasteiger partial charge in [-0.2, -0.15) is 0 Å². The third kappa shape index (κ3) is 4.09. The summed E-state index contributed by atoms with van der Waals surface area (Å²) in [5.74, 6) is 0.212. The molecule has 0 aromatic heterocycles. The first-order valence-corrected chi connectivity index (χ1v) is 6.80. The number of nitrogens with one attached hydrogen (secondary N) is 1. The molecule has 0 saturated heterocycles. The van der Waals surface area contributed by atoms with E-state index in [2.05, 4.69) is 24.0 Å². The zero-order chi connectivity index (χ0) is 14.2. The van der Waals surface area contributed by atoms with Crippen LogP contribution >= 0.6 is 0 Å². The Kier molecular flexibility index (Phi) is 5.13. The molecule has 0 aliphatic rings. The van der Waals surface area contributed by atoms with Crippen LogP contribution in [0.4, 0.5) is 5.69 Å². The van der Waals surface area contributed by atoms with Crippen LogP contribution < -0.4 is 5.32 Å². The van der Waals surface area contributed by atoms with E-state index in [9.17, 15) is 4.79 Å². The Bertz CT molecular complexity index is 548. The predicted octanol–water partition coefficient (Wildman–Crippen LogP) is 4.38. The van der Waals surface area contributed by atoms with Crippen LogP contribution in [0.2, 0.25) is 0 Å². The van der Waals surface area contributed by atoms with E-state index in [1.54, 1.807) is 0 Å². The van der Waals surface area contributed by atoms with Crippen LogP contribution in [-0.2, 0) is 4.79 Å². The highest BCUT2D eigenvalue weighted by Crippen LogP contribution is 2.24. The third-order valence-electron chi connectivity index (χ3n) is 3.21. The van der Waals surface area contributed by atoms with E-state index in [0.29, 0.717) is 6.42 Å². The first-order valence-electron chi connectivity index (χ1n) is 6.80. The summed E-state index contributed by atoms with van der Waals surface area (Å²) < 4.78 is 0. The van der Waals surface area contributed by atoms with Crippen LogP contribution in [0, 0.1) is 0 Å². The molecule has 1 amide bonds. The molecule has 0 bridgehead atoms. The first-order chi connectivity index (χ1) is 9.79. The van der Waals surface area contributed by atoms with E-state index in [0.717, 1.165) is 12.1 Å². The average molecular weight is 265 g/mol. The number of benzene rings is 2. The van der Waals surface area contributed by atoms with Gasteiger partial charge in [0.1, 0.15) is 0 Å². The molecule has 2 aromatic carbocycles. The normalized spacial score (nSPS) is 11.6. The van der Waals surface area contributed by atoms with Crippen LogP contribution in [0.5, 0.6) is 0 Å². The molecule has 102 valence electrons. The summed E-state index contributed by atoms with van der Waals surface area (Å²) in [6.07, 6.45) is 3.13. The van der Waals surface area contributed by atoms with Crippen molar-refractivity contribution in [2.75, 3.05) is 5.32 Å². The molecule has 2 rings (SSSR count). The highest BCUT2D eigenvalue weighted by molar-refractivity contribution is 5.91. The van der Waals surface area contributed by atoms with Crippen molar-refractivity contribution in [3.05, 3.63) is 78.9 Å². The summed E-state index contributed by atoms with van der Waals surface area (Å²) in [6.45, 7) is 3.79. The fourth-order valence-electron chi connectivity index (χ4n) is 2.22. The van der Waals surface area contributed by atoms with Crippen molar-refractivity contribution < 1.29 is 4.79 Å². The van der Waals surface area contributed by atoms with Gasteiger partial charge in [0, 0.05) is 12.1 Å². The minimum Gasteiger partial charge on any atom is -0.326 e. The van der Waals surface area contributed by atoms with Gasteiger partial charge in [0.2, 0.25) is 5.91 Å². The Balaban J connectivity index is 2.01.